The number of rotatable bonds is 4. The molecule has 118 valence electrons. The number of piperidine rings is 1. The molecule has 0 radical (unpaired) electrons. The topological polar surface area (TPSA) is 92.1 Å². The van der Waals surface area contributed by atoms with E-state index >= 15 is 0 Å². The molecular formula is C16H22N4O2. The molecule has 0 aromatic carbocycles. The molecule has 1 aromatic rings. The van der Waals surface area contributed by atoms with Gasteiger partial charge < -0.3 is 15.6 Å². The Morgan fingerprint density at radius 2 is 1.95 bits per heavy atom. The number of primary amides is 1. The van der Waals surface area contributed by atoms with Crippen LogP contribution in [-0.4, -0.2) is 39.8 Å². The summed E-state index contributed by atoms with van der Waals surface area (Å²) in [6.07, 6.45) is 7.08. The Labute approximate surface area is 129 Å². The van der Waals surface area contributed by atoms with E-state index < -0.39 is 5.91 Å². The van der Waals surface area contributed by atoms with Crippen LogP contribution in [0.15, 0.2) is 6.20 Å². The monoisotopic (exact) mass is 302 g/mol. The number of imidazole rings is 1. The molecule has 2 amide bonds. The molecule has 2 heterocycles. The number of aromatic amines is 1. The summed E-state index contributed by atoms with van der Waals surface area (Å²) in [5, 5.41) is 0. The van der Waals surface area contributed by atoms with E-state index in [1.807, 2.05) is 4.90 Å². The first-order chi connectivity index (χ1) is 10.6. The van der Waals surface area contributed by atoms with Crippen LogP contribution in [0, 0.1) is 17.8 Å². The molecule has 3 aliphatic rings. The van der Waals surface area contributed by atoms with E-state index in [0.29, 0.717) is 23.4 Å². The molecule has 0 spiro atoms. The zero-order valence-electron chi connectivity index (χ0n) is 12.6. The number of aromatic nitrogens is 2. The third-order valence-corrected chi connectivity index (χ3v) is 5.44. The van der Waals surface area contributed by atoms with Crippen molar-refractivity contribution in [2.45, 2.75) is 38.0 Å². The van der Waals surface area contributed by atoms with Gasteiger partial charge in [0.1, 0.15) is 11.5 Å². The molecule has 4 rings (SSSR count). The van der Waals surface area contributed by atoms with Gasteiger partial charge in [-0.2, -0.15) is 0 Å². The van der Waals surface area contributed by atoms with Crippen LogP contribution in [0.1, 0.15) is 54.3 Å². The summed E-state index contributed by atoms with van der Waals surface area (Å²) in [5.41, 5.74) is 5.60. The highest BCUT2D eigenvalue weighted by molar-refractivity contribution is 5.90. The first-order valence-corrected chi connectivity index (χ1v) is 8.27. The van der Waals surface area contributed by atoms with E-state index in [0.717, 1.165) is 44.1 Å². The number of amides is 2. The van der Waals surface area contributed by atoms with Gasteiger partial charge in [0.2, 0.25) is 5.91 Å². The Hall–Kier alpha value is -1.85. The second-order valence-corrected chi connectivity index (χ2v) is 6.99. The van der Waals surface area contributed by atoms with Crippen LogP contribution in [0.5, 0.6) is 0 Å². The van der Waals surface area contributed by atoms with Crippen LogP contribution in [0.2, 0.25) is 0 Å². The molecule has 22 heavy (non-hydrogen) atoms. The van der Waals surface area contributed by atoms with Gasteiger partial charge in [-0.05, 0) is 43.9 Å². The fourth-order valence-corrected chi connectivity index (χ4v) is 3.82. The average Bonchev–Trinajstić information content (AvgIpc) is 3.42. The van der Waals surface area contributed by atoms with E-state index in [-0.39, 0.29) is 5.92 Å². The van der Waals surface area contributed by atoms with Crippen molar-refractivity contribution in [3.05, 3.63) is 17.7 Å². The first-order valence-electron chi connectivity index (χ1n) is 8.27. The van der Waals surface area contributed by atoms with Crippen molar-refractivity contribution in [1.29, 1.82) is 0 Å². The second kappa shape index (κ2) is 5.11. The Morgan fingerprint density at radius 3 is 2.55 bits per heavy atom. The lowest BCUT2D eigenvalue weighted by molar-refractivity contribution is -0.134. The Balaban J connectivity index is 1.32. The molecule has 3 N–H and O–H groups in total. The van der Waals surface area contributed by atoms with Crippen LogP contribution >= 0.6 is 0 Å². The van der Waals surface area contributed by atoms with Gasteiger partial charge in [0.05, 0.1) is 6.20 Å². The van der Waals surface area contributed by atoms with Gasteiger partial charge in [0.15, 0.2) is 0 Å². The minimum Gasteiger partial charge on any atom is -0.364 e. The predicted molar refractivity (Wildman–Crippen MR) is 80.0 cm³/mol. The van der Waals surface area contributed by atoms with Crippen molar-refractivity contribution < 1.29 is 9.59 Å². The summed E-state index contributed by atoms with van der Waals surface area (Å²) in [5.74, 6) is 2.85. The second-order valence-electron chi connectivity index (χ2n) is 6.99. The highest BCUT2D eigenvalue weighted by Crippen LogP contribution is 2.55. The average molecular weight is 302 g/mol. The number of likely N-dealkylation sites (tertiary alicyclic amines) is 1. The number of nitrogens with two attached hydrogens (primary N) is 1. The number of carbonyl (C=O) groups excluding carboxylic acids is 2. The number of nitrogens with zero attached hydrogens (tertiary/aromatic N) is 2. The zero-order valence-corrected chi connectivity index (χ0v) is 12.6. The Kier molecular flexibility index (Phi) is 3.20. The fraction of sp³-hybridized carbons (Fsp3) is 0.688. The molecular weight excluding hydrogens is 280 g/mol. The lowest BCUT2D eigenvalue weighted by Crippen LogP contribution is -2.39. The van der Waals surface area contributed by atoms with Crippen LogP contribution < -0.4 is 5.73 Å². The maximum absolute atomic E-state index is 12.5. The van der Waals surface area contributed by atoms with Crippen LogP contribution in [0.4, 0.5) is 0 Å². The third kappa shape index (κ3) is 2.51. The maximum Gasteiger partial charge on any atom is 0.266 e. The van der Waals surface area contributed by atoms with Crippen molar-refractivity contribution in [2.24, 2.45) is 23.5 Å². The summed E-state index contributed by atoms with van der Waals surface area (Å²) in [6, 6.07) is 0. The van der Waals surface area contributed by atoms with Gasteiger partial charge in [-0.3, -0.25) is 9.59 Å². The van der Waals surface area contributed by atoms with Gasteiger partial charge in [0, 0.05) is 24.9 Å². The number of H-pyrrole nitrogens is 1. The van der Waals surface area contributed by atoms with Gasteiger partial charge in [-0.1, -0.05) is 0 Å². The minimum absolute atomic E-state index is 0.288. The van der Waals surface area contributed by atoms with Crippen molar-refractivity contribution in [3.8, 4) is 0 Å². The smallest absolute Gasteiger partial charge is 0.266 e. The summed E-state index contributed by atoms with van der Waals surface area (Å²) in [6.45, 7) is 1.59. The van der Waals surface area contributed by atoms with Crippen molar-refractivity contribution in [1.82, 2.24) is 14.9 Å². The molecule has 3 fully saturated rings. The number of hydrogen-bond acceptors (Lipinski definition) is 3. The van der Waals surface area contributed by atoms with Gasteiger partial charge in [-0.25, -0.2) is 4.98 Å². The predicted octanol–water partition coefficient (Wildman–Crippen LogP) is 1.26. The highest BCUT2D eigenvalue weighted by atomic mass is 16.2. The Bertz CT molecular complexity index is 599. The fourth-order valence-electron chi connectivity index (χ4n) is 3.82. The minimum atomic E-state index is -0.480. The molecule has 1 saturated heterocycles. The van der Waals surface area contributed by atoms with E-state index in [1.165, 1.54) is 19.0 Å². The SMILES string of the molecule is NC(=O)c1cnc(C2CCN(C(=O)[C@H]3C[C@@H]3C3CC3)CC2)[nH]1. The lowest BCUT2D eigenvalue weighted by atomic mass is 9.95. The highest BCUT2D eigenvalue weighted by Gasteiger charge is 2.52. The van der Waals surface area contributed by atoms with Gasteiger partial charge >= 0.3 is 0 Å². The summed E-state index contributed by atoms with van der Waals surface area (Å²) < 4.78 is 0. The molecule has 0 bridgehead atoms. The molecule has 6 nitrogen and oxygen atoms in total. The van der Waals surface area contributed by atoms with E-state index in [4.69, 9.17) is 5.73 Å². The van der Waals surface area contributed by atoms with Crippen molar-refractivity contribution in [2.75, 3.05) is 13.1 Å². The first kappa shape index (κ1) is 13.8. The zero-order chi connectivity index (χ0) is 15.3. The number of carbonyl (C=O) groups is 2. The van der Waals surface area contributed by atoms with Crippen LogP contribution in [0.25, 0.3) is 0 Å². The molecule has 2 saturated carbocycles. The van der Waals surface area contributed by atoms with Crippen LogP contribution in [-0.2, 0) is 4.79 Å². The van der Waals surface area contributed by atoms with Crippen LogP contribution in [0.3, 0.4) is 0 Å². The number of hydrogen-bond donors (Lipinski definition) is 2. The molecule has 1 aliphatic heterocycles. The largest absolute Gasteiger partial charge is 0.364 e. The van der Waals surface area contributed by atoms with Crippen molar-refractivity contribution in [3.63, 3.8) is 0 Å². The quantitative estimate of drug-likeness (QED) is 0.877. The molecule has 1 aromatic heterocycles. The molecule has 2 aliphatic carbocycles. The number of nitrogens with one attached hydrogen (secondary N) is 1. The summed E-state index contributed by atoms with van der Waals surface area (Å²) >= 11 is 0. The van der Waals surface area contributed by atoms with E-state index in [1.54, 1.807) is 0 Å². The standard InChI is InChI=1S/C16H22N4O2/c17-14(21)13-8-18-15(19-13)10-3-5-20(6-4-10)16(22)12-7-11(12)9-1-2-9/h8-12H,1-7H2,(H2,17,21)(H,18,19)/t11-,12+/m1/s1. The van der Waals surface area contributed by atoms with E-state index in [2.05, 4.69) is 9.97 Å². The van der Waals surface area contributed by atoms with Crippen molar-refractivity contribution >= 4 is 11.8 Å². The molecule has 2 atom stereocenters. The lowest BCUT2D eigenvalue weighted by Gasteiger charge is -2.31. The van der Waals surface area contributed by atoms with E-state index in [9.17, 15) is 9.59 Å². The normalized spacial score (nSPS) is 28.6. The molecule has 0 unspecified atom stereocenters. The summed E-state index contributed by atoms with van der Waals surface area (Å²) in [4.78, 5) is 32.9. The molecule has 6 heteroatoms. The Morgan fingerprint density at radius 1 is 1.23 bits per heavy atom. The third-order valence-electron chi connectivity index (χ3n) is 5.44. The maximum atomic E-state index is 12.5. The summed E-state index contributed by atoms with van der Waals surface area (Å²) in [7, 11) is 0. The van der Waals surface area contributed by atoms with Gasteiger partial charge in [0.25, 0.3) is 5.91 Å². The van der Waals surface area contributed by atoms with Gasteiger partial charge in [-0.15, -0.1) is 0 Å².